The van der Waals surface area contributed by atoms with Gasteiger partial charge in [0, 0.05) is 42.9 Å². The fourth-order valence-electron chi connectivity index (χ4n) is 12.9. The molecule has 1 aromatic heterocycles. The molecule has 46 heteroatoms. The molecule has 28 N–H and O–H groups in total. The number of phenols is 1. The summed E-state index contributed by atoms with van der Waals surface area (Å²) in [6.45, 7) is 9.15. The zero-order valence-electron chi connectivity index (χ0n) is 71.0. The summed E-state index contributed by atoms with van der Waals surface area (Å²) < 4.78 is 0. The fraction of sp³-hybridized carbons (Fsp3) is 0.582. The number of benzene rings is 2. The highest BCUT2D eigenvalue weighted by Gasteiger charge is 2.43. The zero-order chi connectivity index (χ0) is 94.0. The number of carbonyl (C=O) groups is 19. The van der Waals surface area contributed by atoms with Gasteiger partial charge in [0.15, 0.2) is 0 Å². The third-order valence-electron chi connectivity index (χ3n) is 20.1. The van der Waals surface area contributed by atoms with Crippen LogP contribution >= 0.6 is 0 Å². The van der Waals surface area contributed by atoms with Crippen LogP contribution < -0.4 is 91.2 Å². The number of H-pyrrole nitrogens is 1. The van der Waals surface area contributed by atoms with Crippen LogP contribution in [0.3, 0.4) is 0 Å². The standard InChI is InChI=1S/C79H119N19O27/c1-11-39(8)63(96-70(115)51(28-60(109)110)88-72(117)55-17-14-24-98(55)78(123)52(26-42-18-20-44(104)21-19-42)87-58(107)30-83-66(111)46(80)33-99)75(120)90-50(27-43-29-82-47-16-13-12-15-45(43)47)68(113)85-31-57(106)86-48(22-23-56(81)105)67(112)84-32-59(108)93-64(40(9)102)76(121)89-49(25-36(2)3)69(114)94-62(38(6)7)74(119)97-65(41(10)103)77(122)95-61(37(4)5)73(118)91-53(34-100)71(116)92-54(35-101)79(124)125/h12-13,15-16,18-21,29,36-41,46,48-55,61-65,82,99-104H,11,14,17,22-28,30-35,80H2,1-10H3,(H2,81,105)(H,83,111)(H,84,112)(H,85,113)(H,86,106)(H,87,107)(H,88,117)(H,89,121)(H,90,120)(H,91,118)(H,92,116)(H,93,108)(H,94,114)(H,95,122)(H,96,115)(H,97,119)(H,109,110)(H,124,125)/t39-,40+,41+,46-,48-,49-,50-,51-,52-,53-,54-,55-,61-,62-,63-,64-,65-/m0/s1. The maximum Gasteiger partial charge on any atom is 0.328 e. The molecule has 0 bridgehead atoms. The normalized spacial score (nSPS) is 16.3. The summed E-state index contributed by atoms with van der Waals surface area (Å²) in [5.41, 5.74) is 12.5. The van der Waals surface area contributed by atoms with Crippen LogP contribution in [-0.4, -0.2) is 306 Å². The number of likely N-dealkylation sites (tertiary alicyclic amines) is 1. The van der Waals surface area contributed by atoms with Gasteiger partial charge in [-0.05, 0) is 92.5 Å². The monoisotopic (exact) mass is 1770 g/mol. The number of hydrogen-bond donors (Lipinski definition) is 26. The van der Waals surface area contributed by atoms with Gasteiger partial charge in [0.2, 0.25) is 100 Å². The third kappa shape index (κ3) is 33.6. The zero-order valence-corrected chi connectivity index (χ0v) is 71.0. The Balaban J connectivity index is 1.49. The first kappa shape index (κ1) is 105. The van der Waals surface area contributed by atoms with Crippen molar-refractivity contribution in [1.29, 1.82) is 0 Å². The van der Waals surface area contributed by atoms with Gasteiger partial charge in [0.1, 0.15) is 90.3 Å². The maximum absolute atomic E-state index is 14.7. The third-order valence-corrected chi connectivity index (χ3v) is 20.1. The molecule has 0 spiro atoms. The number of carboxylic acid groups (broad SMARTS) is 2. The van der Waals surface area contributed by atoms with Crippen LogP contribution in [0.1, 0.15) is 125 Å². The number of aliphatic carboxylic acids is 2. The Morgan fingerprint density at radius 1 is 0.488 bits per heavy atom. The molecule has 1 saturated heterocycles. The molecule has 692 valence electrons. The van der Waals surface area contributed by atoms with Crippen LogP contribution in [0.25, 0.3) is 10.9 Å². The minimum absolute atomic E-state index is 0.0105. The molecule has 46 nitrogen and oxygen atoms in total. The van der Waals surface area contributed by atoms with Crippen molar-refractivity contribution in [2.45, 2.75) is 224 Å². The average Bonchev–Trinajstić information content (AvgIpc) is 1.71. The number of nitrogens with zero attached hydrogens (tertiary/aromatic N) is 1. The van der Waals surface area contributed by atoms with Crippen molar-refractivity contribution in [2.75, 3.05) is 46.0 Å². The topological polar surface area (TPSA) is 738 Å². The van der Waals surface area contributed by atoms with Gasteiger partial charge in [0.25, 0.3) is 0 Å². The number of aromatic amines is 1. The van der Waals surface area contributed by atoms with Crippen LogP contribution in [0.2, 0.25) is 0 Å². The molecule has 125 heavy (non-hydrogen) atoms. The van der Waals surface area contributed by atoms with E-state index in [2.05, 4.69) is 79.4 Å². The number of fused-ring (bicyclic) bond motifs is 1. The highest BCUT2D eigenvalue weighted by atomic mass is 16.4. The molecule has 1 fully saturated rings. The Bertz CT molecular complexity index is 4290. The Morgan fingerprint density at radius 2 is 0.952 bits per heavy atom. The fourth-order valence-corrected chi connectivity index (χ4v) is 12.9. The van der Waals surface area contributed by atoms with Crippen LogP contribution in [0.15, 0.2) is 54.7 Å². The van der Waals surface area contributed by atoms with Crippen molar-refractivity contribution in [3.05, 3.63) is 65.9 Å². The predicted molar refractivity (Wildman–Crippen MR) is 440 cm³/mol. The molecule has 4 rings (SSSR count). The second-order valence-corrected chi connectivity index (χ2v) is 31.4. The lowest BCUT2D eigenvalue weighted by Gasteiger charge is -2.31. The molecule has 2 aromatic carbocycles. The average molecular weight is 1770 g/mol. The molecule has 0 unspecified atom stereocenters. The number of carboxylic acids is 2. The minimum Gasteiger partial charge on any atom is -0.508 e. The van der Waals surface area contributed by atoms with Crippen molar-refractivity contribution < 1.29 is 132 Å². The first-order valence-electron chi connectivity index (χ1n) is 40.5. The SMILES string of the molecule is CC[C@H](C)[C@H](NC(=O)[C@H](CC(=O)O)NC(=O)[C@@H]1CCCN1C(=O)[C@H](Cc1ccc(O)cc1)NC(=O)CNC(=O)[C@@H](N)CO)C(=O)N[C@@H](Cc1c[nH]c2ccccc12)C(=O)NCC(=O)N[C@@H](CCC(N)=O)C(=O)NCC(=O)N[C@H](C(=O)N[C@@H](CC(C)C)C(=O)N[C@H](C(=O)N[C@H](C(=O)N[C@H](C(=O)N[C@@H](CO)C(=O)N[C@@H](CO)C(=O)O)C(C)C)[C@@H](C)O)C(C)C)[C@@H](C)O. The van der Waals surface area contributed by atoms with Crippen LogP contribution in [0.4, 0.5) is 0 Å². The molecule has 0 radical (unpaired) electrons. The number of rotatable bonds is 52. The highest BCUT2D eigenvalue weighted by Crippen LogP contribution is 2.24. The summed E-state index contributed by atoms with van der Waals surface area (Å²) in [5, 5.41) is 115. The summed E-state index contributed by atoms with van der Waals surface area (Å²) in [5.74, 6) is -23.8. The molecule has 17 atom stereocenters. The van der Waals surface area contributed by atoms with Gasteiger partial charge < -0.3 is 142 Å². The number of para-hydroxylation sites is 1. The van der Waals surface area contributed by atoms with Crippen molar-refractivity contribution in [3.63, 3.8) is 0 Å². The number of hydrogen-bond acceptors (Lipinski definition) is 26. The first-order chi connectivity index (χ1) is 58.7. The number of phenolic OH excluding ortho intramolecular Hbond substituents is 1. The number of primary amides is 1. The Kier molecular flexibility index (Phi) is 42.7. The van der Waals surface area contributed by atoms with Crippen LogP contribution in [0.5, 0.6) is 5.75 Å². The molecule has 3 aromatic rings. The number of carbonyl (C=O) groups excluding carboxylic acids is 17. The van der Waals surface area contributed by atoms with Crippen molar-refractivity contribution in [1.82, 2.24) is 89.6 Å². The molecular formula is C79H119N19O27. The summed E-state index contributed by atoms with van der Waals surface area (Å²) in [6.07, 6.45) is -4.23. The number of aliphatic hydroxyl groups excluding tert-OH is 5. The molecule has 17 amide bonds. The van der Waals surface area contributed by atoms with Crippen LogP contribution in [-0.2, 0) is 104 Å². The van der Waals surface area contributed by atoms with E-state index in [0.29, 0.717) is 22.0 Å². The van der Waals surface area contributed by atoms with Gasteiger partial charge in [-0.3, -0.25) is 86.3 Å². The Labute approximate surface area is 718 Å². The van der Waals surface area contributed by atoms with E-state index in [1.54, 1.807) is 58.2 Å². The maximum atomic E-state index is 14.7. The smallest absolute Gasteiger partial charge is 0.328 e. The quantitative estimate of drug-likeness (QED) is 0.0250. The van der Waals surface area contributed by atoms with E-state index in [0.717, 1.165) is 18.7 Å². The number of aromatic hydroxyl groups is 1. The molecule has 1 aliphatic rings. The molecular weight excluding hydrogens is 1650 g/mol. The summed E-state index contributed by atoms with van der Waals surface area (Å²) in [7, 11) is 0. The van der Waals surface area contributed by atoms with Gasteiger partial charge in [-0.15, -0.1) is 0 Å². The second kappa shape index (κ2) is 50.9. The number of nitrogens with two attached hydrogens (primary N) is 2. The van der Waals surface area contributed by atoms with Gasteiger partial charge >= 0.3 is 11.9 Å². The molecule has 1 aliphatic heterocycles. The van der Waals surface area contributed by atoms with E-state index in [4.69, 9.17) is 11.5 Å². The van der Waals surface area contributed by atoms with Gasteiger partial charge in [-0.2, -0.15) is 0 Å². The molecule has 0 saturated carbocycles. The van der Waals surface area contributed by atoms with E-state index >= 15 is 0 Å². The second-order valence-electron chi connectivity index (χ2n) is 31.4. The van der Waals surface area contributed by atoms with Gasteiger partial charge in [-0.1, -0.05) is 92.1 Å². The van der Waals surface area contributed by atoms with E-state index in [1.807, 2.05) is 5.32 Å². The van der Waals surface area contributed by atoms with Crippen molar-refractivity contribution >= 4 is 123 Å². The highest BCUT2D eigenvalue weighted by molar-refractivity contribution is 6.02. The molecule has 0 aliphatic carbocycles. The van der Waals surface area contributed by atoms with Gasteiger partial charge in [-0.25, -0.2) is 4.79 Å². The minimum atomic E-state index is -1.92. The molecule has 2 heterocycles. The van der Waals surface area contributed by atoms with Crippen LogP contribution in [0, 0.1) is 23.7 Å². The summed E-state index contributed by atoms with van der Waals surface area (Å²) in [4.78, 5) is 261. The van der Waals surface area contributed by atoms with E-state index in [9.17, 15) is 132 Å². The number of nitrogens with one attached hydrogen (secondary N) is 16. The van der Waals surface area contributed by atoms with Gasteiger partial charge in [0.05, 0.1) is 58.1 Å². The van der Waals surface area contributed by atoms with E-state index in [1.165, 1.54) is 52.0 Å². The van der Waals surface area contributed by atoms with E-state index in [-0.39, 0.29) is 56.7 Å². The number of aliphatic hydroxyl groups is 5. The Hall–Kier alpha value is -12.5. The number of aromatic nitrogens is 1. The lowest BCUT2D eigenvalue weighted by Crippen LogP contribution is -2.63. The predicted octanol–water partition coefficient (Wildman–Crippen LogP) is -8.89. The summed E-state index contributed by atoms with van der Waals surface area (Å²) in [6, 6.07) is -10.3. The van der Waals surface area contributed by atoms with Crippen molar-refractivity contribution in [2.24, 2.45) is 35.1 Å². The Morgan fingerprint density at radius 3 is 1.49 bits per heavy atom. The largest absolute Gasteiger partial charge is 0.508 e. The van der Waals surface area contributed by atoms with Crippen molar-refractivity contribution in [3.8, 4) is 5.75 Å². The summed E-state index contributed by atoms with van der Waals surface area (Å²) >= 11 is 0. The lowest BCUT2D eigenvalue weighted by molar-refractivity contribution is -0.144. The lowest BCUT2D eigenvalue weighted by atomic mass is 9.96. The number of amides is 17. The first-order valence-corrected chi connectivity index (χ1v) is 40.5. The van der Waals surface area contributed by atoms with E-state index < -0.39 is 286 Å².